The lowest BCUT2D eigenvalue weighted by Gasteiger charge is -2.11. The summed E-state index contributed by atoms with van der Waals surface area (Å²) in [7, 11) is 0. The molecule has 3 nitrogen and oxygen atoms in total. The Hall–Kier alpha value is -2.27. The van der Waals surface area contributed by atoms with Gasteiger partial charge in [0.2, 0.25) is 0 Å². The van der Waals surface area contributed by atoms with Gasteiger partial charge >= 0.3 is 0 Å². The molecule has 0 bridgehead atoms. The zero-order valence-electron chi connectivity index (χ0n) is 11.7. The standard InChI is InChI=1S/C16H15FN2OS/c1-10-7-8-12(11(2)9-10)15(20)19-16(21)18-14-6-4-3-5-13(14)17/h3-9H,1-2H3,(H2,18,19,20,21). The van der Waals surface area contributed by atoms with E-state index in [1.54, 1.807) is 24.3 Å². The largest absolute Gasteiger partial charge is 0.330 e. The van der Waals surface area contributed by atoms with E-state index in [0.29, 0.717) is 5.56 Å². The molecule has 0 atom stereocenters. The molecular weight excluding hydrogens is 287 g/mol. The van der Waals surface area contributed by atoms with E-state index in [0.717, 1.165) is 11.1 Å². The second-order valence-electron chi connectivity index (χ2n) is 4.71. The van der Waals surface area contributed by atoms with Crippen molar-refractivity contribution in [1.29, 1.82) is 0 Å². The number of carbonyl (C=O) groups excluding carboxylic acids is 1. The fraction of sp³-hybridized carbons (Fsp3) is 0.125. The third-order valence-corrected chi connectivity index (χ3v) is 3.18. The summed E-state index contributed by atoms with van der Waals surface area (Å²) in [6.07, 6.45) is 0. The van der Waals surface area contributed by atoms with Crippen LogP contribution in [0.2, 0.25) is 0 Å². The Morgan fingerprint density at radius 1 is 1.14 bits per heavy atom. The molecule has 5 heteroatoms. The number of thiocarbonyl (C=S) groups is 1. The number of halogens is 1. The highest BCUT2D eigenvalue weighted by Crippen LogP contribution is 2.13. The van der Waals surface area contributed by atoms with Crippen LogP contribution in [0.1, 0.15) is 21.5 Å². The minimum atomic E-state index is -0.430. The van der Waals surface area contributed by atoms with Gasteiger partial charge < -0.3 is 5.32 Å². The summed E-state index contributed by atoms with van der Waals surface area (Å²) in [4.78, 5) is 12.1. The fourth-order valence-corrected chi connectivity index (χ4v) is 2.16. The van der Waals surface area contributed by atoms with Gasteiger partial charge in [0.25, 0.3) is 5.91 Å². The van der Waals surface area contributed by atoms with Crippen molar-refractivity contribution in [2.24, 2.45) is 0 Å². The third kappa shape index (κ3) is 3.86. The van der Waals surface area contributed by atoms with Crippen LogP contribution in [-0.4, -0.2) is 11.0 Å². The van der Waals surface area contributed by atoms with Crippen molar-refractivity contribution in [3.8, 4) is 0 Å². The number of aryl methyl sites for hydroxylation is 2. The number of benzene rings is 2. The molecule has 2 N–H and O–H groups in total. The summed E-state index contributed by atoms with van der Waals surface area (Å²) in [5.41, 5.74) is 2.71. The van der Waals surface area contributed by atoms with Crippen LogP contribution in [0.5, 0.6) is 0 Å². The maximum atomic E-state index is 13.5. The first-order chi connectivity index (χ1) is 9.97. The average molecular weight is 302 g/mol. The van der Waals surface area contributed by atoms with Crippen LogP contribution in [0, 0.1) is 19.7 Å². The number of carbonyl (C=O) groups is 1. The van der Waals surface area contributed by atoms with E-state index < -0.39 is 5.82 Å². The van der Waals surface area contributed by atoms with E-state index in [9.17, 15) is 9.18 Å². The van der Waals surface area contributed by atoms with E-state index >= 15 is 0 Å². The summed E-state index contributed by atoms with van der Waals surface area (Å²) in [5.74, 6) is -0.748. The molecule has 0 aliphatic rings. The Balaban J connectivity index is 2.06. The highest BCUT2D eigenvalue weighted by atomic mass is 32.1. The molecule has 0 heterocycles. The number of nitrogens with one attached hydrogen (secondary N) is 2. The van der Waals surface area contributed by atoms with E-state index in [1.807, 2.05) is 26.0 Å². The monoisotopic (exact) mass is 302 g/mol. The Labute approximate surface area is 128 Å². The van der Waals surface area contributed by atoms with Crippen molar-refractivity contribution in [2.75, 3.05) is 5.32 Å². The van der Waals surface area contributed by atoms with Crippen molar-refractivity contribution in [2.45, 2.75) is 13.8 Å². The molecule has 21 heavy (non-hydrogen) atoms. The van der Waals surface area contributed by atoms with Gasteiger partial charge in [-0.15, -0.1) is 0 Å². The number of anilines is 1. The van der Waals surface area contributed by atoms with Crippen molar-refractivity contribution in [3.05, 3.63) is 65.0 Å². The van der Waals surface area contributed by atoms with Gasteiger partial charge in [0.05, 0.1) is 5.69 Å². The van der Waals surface area contributed by atoms with Gasteiger partial charge in [-0.1, -0.05) is 29.8 Å². The minimum absolute atomic E-state index is 0.0603. The number of hydrogen-bond acceptors (Lipinski definition) is 2. The van der Waals surface area contributed by atoms with Crippen molar-refractivity contribution < 1.29 is 9.18 Å². The van der Waals surface area contributed by atoms with Crippen LogP contribution in [0.15, 0.2) is 42.5 Å². The molecule has 0 saturated heterocycles. The Kier molecular flexibility index (Phi) is 4.65. The first-order valence-corrected chi connectivity index (χ1v) is 6.82. The predicted octanol–water partition coefficient (Wildman–Crippen LogP) is 3.57. The van der Waals surface area contributed by atoms with Gasteiger partial charge in [-0.2, -0.15) is 0 Å². The zero-order chi connectivity index (χ0) is 15.4. The minimum Gasteiger partial charge on any atom is -0.330 e. The van der Waals surface area contributed by atoms with E-state index in [-0.39, 0.29) is 16.7 Å². The first-order valence-electron chi connectivity index (χ1n) is 6.41. The van der Waals surface area contributed by atoms with Gasteiger partial charge in [-0.05, 0) is 49.8 Å². The van der Waals surface area contributed by atoms with Crippen LogP contribution in [0.4, 0.5) is 10.1 Å². The molecule has 1 amide bonds. The van der Waals surface area contributed by atoms with Crippen molar-refractivity contribution in [3.63, 3.8) is 0 Å². The van der Waals surface area contributed by atoms with Gasteiger partial charge in [-0.25, -0.2) is 4.39 Å². The molecule has 2 aromatic carbocycles. The quantitative estimate of drug-likeness (QED) is 0.833. The normalized spacial score (nSPS) is 10.0. The molecule has 0 aliphatic heterocycles. The third-order valence-electron chi connectivity index (χ3n) is 2.98. The molecule has 0 radical (unpaired) electrons. The number of rotatable bonds is 2. The Bertz CT molecular complexity index is 700. The summed E-state index contributed by atoms with van der Waals surface area (Å²) >= 11 is 5.03. The van der Waals surface area contributed by atoms with Crippen LogP contribution >= 0.6 is 12.2 Å². The average Bonchev–Trinajstić information content (AvgIpc) is 2.41. The van der Waals surface area contributed by atoms with Crippen molar-refractivity contribution >= 4 is 28.9 Å². The van der Waals surface area contributed by atoms with E-state index in [2.05, 4.69) is 10.6 Å². The van der Waals surface area contributed by atoms with Crippen molar-refractivity contribution in [1.82, 2.24) is 5.32 Å². The SMILES string of the molecule is Cc1ccc(C(=O)NC(=S)Nc2ccccc2F)c(C)c1. The first kappa shape index (κ1) is 15.1. The number of para-hydroxylation sites is 1. The number of amides is 1. The molecule has 0 saturated carbocycles. The molecule has 2 rings (SSSR count). The molecular formula is C16H15FN2OS. The van der Waals surface area contributed by atoms with Crippen LogP contribution in [0.3, 0.4) is 0 Å². The summed E-state index contributed by atoms with van der Waals surface area (Å²) in [6, 6.07) is 11.6. The van der Waals surface area contributed by atoms with E-state index in [1.165, 1.54) is 6.07 Å². The molecule has 0 fully saturated rings. The van der Waals surface area contributed by atoms with Gasteiger partial charge in [0.15, 0.2) is 5.11 Å². The zero-order valence-corrected chi connectivity index (χ0v) is 12.6. The second kappa shape index (κ2) is 6.45. The highest BCUT2D eigenvalue weighted by Gasteiger charge is 2.11. The number of hydrogen-bond donors (Lipinski definition) is 2. The van der Waals surface area contributed by atoms with Crippen LogP contribution < -0.4 is 10.6 Å². The molecule has 0 unspecified atom stereocenters. The van der Waals surface area contributed by atoms with Gasteiger partial charge in [-0.3, -0.25) is 10.1 Å². The predicted molar refractivity (Wildman–Crippen MR) is 86.0 cm³/mol. The maximum absolute atomic E-state index is 13.5. The van der Waals surface area contributed by atoms with Crippen LogP contribution in [-0.2, 0) is 0 Å². The summed E-state index contributed by atoms with van der Waals surface area (Å²) in [5, 5.41) is 5.27. The highest BCUT2D eigenvalue weighted by molar-refractivity contribution is 7.80. The fourth-order valence-electron chi connectivity index (χ4n) is 1.95. The lowest BCUT2D eigenvalue weighted by Crippen LogP contribution is -2.34. The molecule has 108 valence electrons. The van der Waals surface area contributed by atoms with E-state index in [4.69, 9.17) is 12.2 Å². The van der Waals surface area contributed by atoms with Crippen LogP contribution in [0.25, 0.3) is 0 Å². The molecule has 2 aromatic rings. The lowest BCUT2D eigenvalue weighted by atomic mass is 10.1. The molecule has 0 spiro atoms. The topological polar surface area (TPSA) is 41.1 Å². The second-order valence-corrected chi connectivity index (χ2v) is 5.11. The molecule has 0 aromatic heterocycles. The maximum Gasteiger partial charge on any atom is 0.257 e. The van der Waals surface area contributed by atoms with Gasteiger partial charge in [0.1, 0.15) is 5.82 Å². The summed E-state index contributed by atoms with van der Waals surface area (Å²) < 4.78 is 13.5. The smallest absolute Gasteiger partial charge is 0.257 e. The Morgan fingerprint density at radius 3 is 2.52 bits per heavy atom. The van der Waals surface area contributed by atoms with Gasteiger partial charge in [0, 0.05) is 5.56 Å². The lowest BCUT2D eigenvalue weighted by molar-refractivity contribution is 0.0977. The Morgan fingerprint density at radius 2 is 1.86 bits per heavy atom. The molecule has 0 aliphatic carbocycles. The summed E-state index contributed by atoms with van der Waals surface area (Å²) in [6.45, 7) is 3.81.